The van der Waals surface area contributed by atoms with E-state index in [2.05, 4.69) is 102 Å². The summed E-state index contributed by atoms with van der Waals surface area (Å²) in [5.74, 6) is 1.96. The van der Waals surface area contributed by atoms with Gasteiger partial charge in [-0.1, -0.05) is 56.0 Å². The molecular weight excluding hydrogens is 1080 g/mol. The minimum absolute atomic E-state index is 0.000836. The van der Waals surface area contributed by atoms with Crippen molar-refractivity contribution in [3.63, 3.8) is 0 Å². The summed E-state index contributed by atoms with van der Waals surface area (Å²) in [6.45, 7) is 5.32. The van der Waals surface area contributed by atoms with Crippen LogP contribution in [0.4, 0.5) is 11.6 Å². The van der Waals surface area contributed by atoms with Crippen molar-refractivity contribution in [3.05, 3.63) is 133 Å². The normalized spacial score (nSPS) is 17.9. The Balaban J connectivity index is 0.000000169. The van der Waals surface area contributed by atoms with Crippen molar-refractivity contribution in [2.24, 2.45) is 0 Å². The lowest BCUT2D eigenvalue weighted by Crippen LogP contribution is -2.23. The maximum Gasteiger partial charge on any atom is 0.157 e. The molecule has 2 atom stereocenters. The number of anilines is 2. The highest BCUT2D eigenvalue weighted by atomic mass is 79.9. The van der Waals surface area contributed by atoms with Crippen molar-refractivity contribution in [1.29, 1.82) is 0 Å². The molecule has 2 aliphatic carbocycles. The van der Waals surface area contributed by atoms with Crippen LogP contribution in [0.15, 0.2) is 105 Å². The average molecular weight is 1160 g/mol. The molecule has 2 saturated carbocycles. The number of aliphatic hydroxyl groups is 2. The molecule has 7 heterocycles. The van der Waals surface area contributed by atoms with Crippen LogP contribution in [0, 0.1) is 6.92 Å². The number of aryl methyl sites for hydroxylation is 1. The number of pyridine rings is 5. The number of aliphatic hydroxyl groups excluding tert-OH is 2. The number of nitrogens with zero attached hydrogens (tertiary/aromatic N) is 5. The molecule has 0 aromatic carbocycles. The summed E-state index contributed by atoms with van der Waals surface area (Å²) in [6, 6.07) is 30.8. The summed E-state index contributed by atoms with van der Waals surface area (Å²) >= 11 is 9.84. The van der Waals surface area contributed by atoms with Gasteiger partial charge in [-0.2, -0.15) is 0 Å². The first-order valence-corrected chi connectivity index (χ1v) is 27.6. The Bertz CT molecular complexity index is 2140. The second-order valence-corrected chi connectivity index (χ2v) is 20.0. The first kappa shape index (κ1) is 57.5. The Morgan fingerprint density at radius 1 is 0.471 bits per heavy atom. The third-order valence-corrected chi connectivity index (χ3v) is 13.1. The number of rotatable bonds is 16. The Morgan fingerprint density at radius 2 is 0.843 bits per heavy atom. The first-order chi connectivity index (χ1) is 34.2. The van der Waals surface area contributed by atoms with Gasteiger partial charge in [-0.15, -0.1) is 0 Å². The molecule has 2 aliphatic heterocycles. The van der Waals surface area contributed by atoms with E-state index < -0.39 is 0 Å². The lowest BCUT2D eigenvalue weighted by atomic mass is 10.2. The fourth-order valence-electron chi connectivity index (χ4n) is 8.15. The average Bonchev–Trinajstić information content (AvgIpc) is 4.09. The summed E-state index contributed by atoms with van der Waals surface area (Å²) in [5, 5.41) is 24.4. The lowest BCUT2D eigenvalue weighted by molar-refractivity contribution is -0.161. The minimum Gasteiger partial charge on any atom is -0.396 e. The van der Waals surface area contributed by atoms with E-state index in [1.165, 1.54) is 64.2 Å². The Kier molecular flexibility index (Phi) is 28.6. The molecule has 16 heteroatoms. The molecule has 382 valence electrons. The van der Waals surface area contributed by atoms with E-state index in [4.69, 9.17) is 29.2 Å². The summed E-state index contributed by atoms with van der Waals surface area (Å²) in [7, 11) is 0. The maximum absolute atomic E-state index is 8.83. The fraction of sp³-hybridized carbons (Fsp3) is 0.537. The number of hydrogen-bond donors (Lipinski definition) is 4. The SMILES string of the molecule is Brc1cccc(CCOC2CCCCO2)n1.Cc1cccc(Br)n1.OCCc1cccc(Br)n1.OCCc1cccc(NC2CCCC2)n1.c1cc(CCOC2CCCCO2)nc(NC2CCCC2)c1. The summed E-state index contributed by atoms with van der Waals surface area (Å²) in [5.41, 5.74) is 5.05. The van der Waals surface area contributed by atoms with Crippen molar-refractivity contribution >= 4 is 59.4 Å². The summed E-state index contributed by atoms with van der Waals surface area (Å²) in [4.78, 5) is 21.7. The second kappa shape index (κ2) is 34.8. The van der Waals surface area contributed by atoms with Crippen LogP contribution in [-0.2, 0) is 44.6 Å². The van der Waals surface area contributed by atoms with Crippen LogP contribution >= 0.6 is 47.8 Å². The van der Waals surface area contributed by atoms with Crippen LogP contribution in [0.3, 0.4) is 0 Å². The molecule has 13 nitrogen and oxygen atoms in total. The zero-order valence-electron chi connectivity index (χ0n) is 40.8. The van der Waals surface area contributed by atoms with E-state index in [1.54, 1.807) is 0 Å². The second-order valence-electron chi connectivity index (χ2n) is 17.6. The molecule has 0 bridgehead atoms. The number of hydrogen-bond acceptors (Lipinski definition) is 13. The molecule has 5 aromatic rings. The third-order valence-electron chi connectivity index (χ3n) is 11.8. The van der Waals surface area contributed by atoms with Gasteiger partial charge in [-0.25, -0.2) is 24.9 Å². The highest BCUT2D eigenvalue weighted by molar-refractivity contribution is 9.11. The molecule has 0 spiro atoms. The largest absolute Gasteiger partial charge is 0.396 e. The molecule has 4 fully saturated rings. The number of ether oxygens (including phenoxy) is 4. The van der Waals surface area contributed by atoms with Gasteiger partial charge in [0.05, 0.1) is 13.2 Å². The standard InChI is InChI=1S/C17H26N2O2.C12H16BrNO2.C12H18N2O.C7H8BrNO.C6H6BrN/c1-2-7-14(6-1)18-16-9-5-8-15(19-16)11-13-21-17-10-3-4-12-20-17;13-11-5-3-4-10(14-11)7-9-16-12-6-1-2-8-15-12;15-9-8-11-6-3-7-12(14-11)13-10-4-1-2-5-10;8-7-3-1-2-6(9-7)4-5-10;1-5-3-2-4-6(7)8-5/h5,8-9,14,17H,1-4,6-7,10-13H2,(H,18,19);3-5,12H,1-2,6-9H2;3,6-7,10,15H,1-2,4-5,8-9H2,(H,13,14);1-3,10H,4-5H2;2-4H,1H3. The molecule has 9 rings (SSSR count). The van der Waals surface area contributed by atoms with Crippen molar-refractivity contribution in [2.45, 2.75) is 147 Å². The molecular formula is C54H74Br3N7O6. The maximum atomic E-state index is 8.83. The van der Waals surface area contributed by atoms with Crippen molar-refractivity contribution in [3.8, 4) is 0 Å². The highest BCUT2D eigenvalue weighted by Gasteiger charge is 2.17. The van der Waals surface area contributed by atoms with E-state index in [1.807, 2.05) is 79.7 Å². The smallest absolute Gasteiger partial charge is 0.157 e. The van der Waals surface area contributed by atoms with Gasteiger partial charge in [0.25, 0.3) is 0 Å². The van der Waals surface area contributed by atoms with Gasteiger partial charge in [-0.05, 0) is 180 Å². The van der Waals surface area contributed by atoms with Gasteiger partial charge in [-0.3, -0.25) is 0 Å². The van der Waals surface area contributed by atoms with Crippen LogP contribution in [0.5, 0.6) is 0 Å². The third kappa shape index (κ3) is 24.8. The quantitative estimate of drug-likeness (QED) is 0.0690. The number of nitrogens with one attached hydrogen (secondary N) is 2. The zero-order valence-corrected chi connectivity index (χ0v) is 45.6. The first-order valence-electron chi connectivity index (χ1n) is 25.2. The van der Waals surface area contributed by atoms with Crippen molar-refractivity contribution in [1.82, 2.24) is 24.9 Å². The monoisotopic (exact) mass is 1150 g/mol. The molecule has 5 aromatic heterocycles. The highest BCUT2D eigenvalue weighted by Crippen LogP contribution is 2.23. The van der Waals surface area contributed by atoms with Crippen LogP contribution < -0.4 is 10.6 Å². The molecule has 4 aliphatic rings. The van der Waals surface area contributed by atoms with E-state index in [9.17, 15) is 0 Å². The predicted molar refractivity (Wildman–Crippen MR) is 289 cm³/mol. The molecule has 0 amide bonds. The predicted octanol–water partition coefficient (Wildman–Crippen LogP) is 12.0. The molecule has 4 N–H and O–H groups in total. The van der Waals surface area contributed by atoms with Gasteiger partial charge in [0, 0.05) is 92.7 Å². The van der Waals surface area contributed by atoms with E-state index in [0.29, 0.717) is 38.1 Å². The Labute approximate surface area is 441 Å². The Morgan fingerprint density at radius 3 is 1.21 bits per heavy atom. The zero-order chi connectivity index (χ0) is 49.4. The van der Waals surface area contributed by atoms with Crippen LogP contribution in [-0.4, -0.2) is 99.4 Å². The summed E-state index contributed by atoms with van der Waals surface area (Å²) in [6.07, 6.45) is 20.1. The molecule has 2 saturated heterocycles. The number of aromatic nitrogens is 5. The Hall–Kier alpha value is -3.45. The van der Waals surface area contributed by atoms with Gasteiger partial charge in [0.2, 0.25) is 0 Å². The minimum atomic E-state index is -0.00135. The molecule has 0 radical (unpaired) electrons. The van der Waals surface area contributed by atoms with Gasteiger partial charge < -0.3 is 39.8 Å². The summed E-state index contributed by atoms with van der Waals surface area (Å²) < 4.78 is 25.1. The van der Waals surface area contributed by atoms with E-state index >= 15 is 0 Å². The van der Waals surface area contributed by atoms with Crippen LogP contribution in [0.2, 0.25) is 0 Å². The van der Waals surface area contributed by atoms with Gasteiger partial charge in [0.15, 0.2) is 12.6 Å². The van der Waals surface area contributed by atoms with E-state index in [0.717, 1.165) is 106 Å². The van der Waals surface area contributed by atoms with Crippen molar-refractivity contribution < 1.29 is 29.2 Å². The van der Waals surface area contributed by atoms with E-state index in [-0.39, 0.29) is 25.8 Å². The fourth-order valence-corrected chi connectivity index (χ4v) is 9.34. The molecule has 2 unspecified atom stereocenters. The van der Waals surface area contributed by atoms with Gasteiger partial charge in [0.1, 0.15) is 25.4 Å². The van der Waals surface area contributed by atoms with Crippen LogP contribution in [0.1, 0.15) is 118 Å². The molecule has 70 heavy (non-hydrogen) atoms. The lowest BCUT2D eigenvalue weighted by Gasteiger charge is -2.22. The number of halogens is 3. The topological polar surface area (TPSA) is 166 Å². The van der Waals surface area contributed by atoms with Gasteiger partial charge >= 0.3 is 0 Å². The van der Waals surface area contributed by atoms with Crippen molar-refractivity contribution in [2.75, 3.05) is 50.3 Å². The van der Waals surface area contributed by atoms with Crippen LogP contribution in [0.25, 0.3) is 0 Å².